The van der Waals surface area contributed by atoms with Crippen molar-refractivity contribution in [3.8, 4) is 39.1 Å². The van der Waals surface area contributed by atoms with Gasteiger partial charge in [0.05, 0.1) is 11.0 Å². The third-order valence-electron chi connectivity index (χ3n) is 11.6. The Kier molecular flexibility index (Phi) is 8.19. The third kappa shape index (κ3) is 5.91. The monoisotopic (exact) mass is 738 g/mol. The second-order valence-corrected chi connectivity index (χ2v) is 15.0. The van der Waals surface area contributed by atoms with Gasteiger partial charge in [0.1, 0.15) is 0 Å². The van der Waals surface area contributed by atoms with E-state index in [1.807, 2.05) is 0 Å². The van der Waals surface area contributed by atoms with Gasteiger partial charge in [-0.2, -0.15) is 0 Å². The van der Waals surface area contributed by atoms with Gasteiger partial charge in [0, 0.05) is 33.5 Å². The van der Waals surface area contributed by atoms with E-state index in [0.29, 0.717) is 0 Å². The molecule has 2 nitrogen and oxygen atoms in total. The number of rotatable bonds is 7. The topological polar surface area (TPSA) is 8.17 Å². The van der Waals surface area contributed by atoms with Crippen LogP contribution in [0.25, 0.3) is 82.4 Å². The molecule has 0 spiro atoms. The van der Waals surface area contributed by atoms with E-state index in [9.17, 15) is 0 Å². The Hall–Kier alpha value is -7.68. The summed E-state index contributed by atoms with van der Waals surface area (Å²) >= 11 is 0. The Balaban J connectivity index is 0.977. The minimum Gasteiger partial charge on any atom is -0.311 e. The van der Waals surface area contributed by atoms with Crippen molar-refractivity contribution in [3.63, 3.8) is 0 Å². The number of fused-ring (bicyclic) bond motifs is 5. The molecule has 0 saturated carbocycles. The highest BCUT2D eigenvalue weighted by Crippen LogP contribution is 2.40. The van der Waals surface area contributed by atoms with Crippen molar-refractivity contribution in [2.24, 2.45) is 0 Å². The van der Waals surface area contributed by atoms with Crippen LogP contribution >= 0.6 is 0 Å². The summed E-state index contributed by atoms with van der Waals surface area (Å²) in [6, 6.07) is 83.6. The van der Waals surface area contributed by atoms with Crippen LogP contribution in [-0.4, -0.2) is 4.57 Å². The summed E-state index contributed by atoms with van der Waals surface area (Å²) in [7, 11) is 0. The molecule has 0 radical (unpaired) electrons. The summed E-state index contributed by atoms with van der Waals surface area (Å²) in [5.74, 6) is 0. The minimum absolute atomic E-state index is 1.10. The van der Waals surface area contributed by atoms with Crippen molar-refractivity contribution in [1.29, 1.82) is 0 Å². The molecule has 0 atom stereocenters. The fourth-order valence-corrected chi connectivity index (χ4v) is 8.70. The zero-order valence-corrected chi connectivity index (χ0v) is 31.8. The van der Waals surface area contributed by atoms with Gasteiger partial charge in [-0.25, -0.2) is 0 Å². The lowest BCUT2D eigenvalue weighted by Gasteiger charge is -2.26. The van der Waals surface area contributed by atoms with Gasteiger partial charge in [0.25, 0.3) is 0 Å². The van der Waals surface area contributed by atoms with Crippen LogP contribution in [0.15, 0.2) is 231 Å². The summed E-state index contributed by atoms with van der Waals surface area (Å²) in [4.78, 5) is 2.35. The summed E-state index contributed by atoms with van der Waals surface area (Å²) in [5, 5.41) is 7.50. The predicted octanol–water partition coefficient (Wildman–Crippen LogP) is 15.6. The molecule has 0 aliphatic rings. The molecule has 11 rings (SSSR count). The number of hydrogen-bond acceptors (Lipinski definition) is 1. The van der Waals surface area contributed by atoms with Crippen LogP contribution in [0.3, 0.4) is 0 Å². The quantitative estimate of drug-likeness (QED) is 0.158. The molecule has 0 saturated heterocycles. The van der Waals surface area contributed by atoms with E-state index in [4.69, 9.17) is 0 Å². The summed E-state index contributed by atoms with van der Waals surface area (Å²) in [6.45, 7) is 0. The zero-order valence-electron chi connectivity index (χ0n) is 31.8. The fourth-order valence-electron chi connectivity index (χ4n) is 8.70. The van der Waals surface area contributed by atoms with Gasteiger partial charge in [0.15, 0.2) is 0 Å². The smallest absolute Gasteiger partial charge is 0.0541 e. The maximum Gasteiger partial charge on any atom is 0.0541 e. The number of para-hydroxylation sites is 1. The van der Waals surface area contributed by atoms with Gasteiger partial charge in [-0.3, -0.25) is 0 Å². The molecule has 10 aromatic carbocycles. The predicted molar refractivity (Wildman–Crippen MR) is 247 cm³/mol. The van der Waals surface area contributed by atoms with Crippen molar-refractivity contribution in [1.82, 2.24) is 4.57 Å². The standard InChI is InChI=1S/C56H38N2/c1-2-11-39(12-3-1)41-21-29-47(30-22-41)57(49-33-26-44(27-34-49)52-19-10-16-43-14-6-7-17-51(43)52)48-31-23-42(24-32-48)46-28-36-56-54(38-46)53-18-8-9-20-55(53)58(56)50-35-25-40-13-4-5-15-45(40)37-50/h1-38H. The number of aromatic nitrogens is 1. The average molecular weight is 739 g/mol. The number of nitrogens with zero attached hydrogens (tertiary/aromatic N) is 2. The van der Waals surface area contributed by atoms with Crippen molar-refractivity contribution >= 4 is 60.4 Å². The van der Waals surface area contributed by atoms with Crippen molar-refractivity contribution in [2.75, 3.05) is 4.90 Å². The lowest BCUT2D eigenvalue weighted by molar-refractivity contribution is 1.19. The first kappa shape index (κ1) is 33.6. The van der Waals surface area contributed by atoms with E-state index in [-0.39, 0.29) is 0 Å². The molecule has 0 amide bonds. The highest BCUT2D eigenvalue weighted by Gasteiger charge is 2.16. The van der Waals surface area contributed by atoms with Crippen LogP contribution in [0.5, 0.6) is 0 Å². The Bertz CT molecular complexity index is 3240. The second-order valence-electron chi connectivity index (χ2n) is 15.0. The largest absolute Gasteiger partial charge is 0.311 e. The number of benzene rings is 10. The number of anilines is 3. The van der Waals surface area contributed by atoms with Crippen LogP contribution in [0.1, 0.15) is 0 Å². The van der Waals surface area contributed by atoms with E-state index >= 15 is 0 Å². The molecular weight excluding hydrogens is 701 g/mol. The van der Waals surface area contributed by atoms with Gasteiger partial charge in [-0.15, -0.1) is 0 Å². The molecule has 1 aromatic heterocycles. The molecule has 272 valence electrons. The van der Waals surface area contributed by atoms with Gasteiger partial charge >= 0.3 is 0 Å². The molecule has 2 heteroatoms. The zero-order chi connectivity index (χ0) is 38.4. The first-order valence-corrected chi connectivity index (χ1v) is 19.9. The molecule has 0 aliphatic carbocycles. The highest BCUT2D eigenvalue weighted by molar-refractivity contribution is 6.10. The third-order valence-corrected chi connectivity index (χ3v) is 11.6. The fraction of sp³-hybridized carbons (Fsp3) is 0. The molecule has 0 aliphatic heterocycles. The minimum atomic E-state index is 1.10. The maximum atomic E-state index is 2.40. The van der Waals surface area contributed by atoms with E-state index in [1.165, 1.54) is 82.4 Å². The Labute approximate surface area is 338 Å². The van der Waals surface area contributed by atoms with Crippen LogP contribution in [0.2, 0.25) is 0 Å². The van der Waals surface area contributed by atoms with E-state index in [2.05, 4.69) is 240 Å². The van der Waals surface area contributed by atoms with Crippen LogP contribution in [-0.2, 0) is 0 Å². The van der Waals surface area contributed by atoms with Crippen molar-refractivity contribution < 1.29 is 0 Å². The van der Waals surface area contributed by atoms with E-state index < -0.39 is 0 Å². The van der Waals surface area contributed by atoms with Gasteiger partial charge in [0.2, 0.25) is 0 Å². The van der Waals surface area contributed by atoms with Gasteiger partial charge in [-0.05, 0) is 122 Å². The van der Waals surface area contributed by atoms with E-state index in [1.54, 1.807) is 0 Å². The molecule has 0 N–H and O–H groups in total. The molecule has 0 bridgehead atoms. The Morgan fingerprint density at radius 1 is 0.276 bits per heavy atom. The SMILES string of the molecule is c1ccc(-c2ccc(N(c3ccc(-c4ccc5c(c4)c4ccccc4n5-c4ccc5ccccc5c4)cc3)c3ccc(-c4cccc5ccccc45)cc3)cc2)cc1. The summed E-state index contributed by atoms with van der Waals surface area (Å²) < 4.78 is 2.40. The molecule has 0 fully saturated rings. The molecule has 58 heavy (non-hydrogen) atoms. The summed E-state index contributed by atoms with van der Waals surface area (Å²) in [6.07, 6.45) is 0. The summed E-state index contributed by atoms with van der Waals surface area (Å²) in [5.41, 5.74) is 14.1. The first-order chi connectivity index (χ1) is 28.7. The normalized spacial score (nSPS) is 11.4. The molecular formula is C56H38N2. The first-order valence-electron chi connectivity index (χ1n) is 19.9. The lowest BCUT2D eigenvalue weighted by Crippen LogP contribution is -2.09. The van der Waals surface area contributed by atoms with Crippen LogP contribution in [0.4, 0.5) is 17.1 Å². The van der Waals surface area contributed by atoms with Gasteiger partial charge < -0.3 is 9.47 Å². The van der Waals surface area contributed by atoms with Crippen molar-refractivity contribution in [2.45, 2.75) is 0 Å². The molecule has 11 aromatic rings. The Morgan fingerprint density at radius 3 is 1.52 bits per heavy atom. The van der Waals surface area contributed by atoms with Gasteiger partial charge in [-0.1, -0.05) is 164 Å². The lowest BCUT2D eigenvalue weighted by atomic mass is 9.98. The van der Waals surface area contributed by atoms with Crippen molar-refractivity contribution in [3.05, 3.63) is 231 Å². The molecule has 1 heterocycles. The van der Waals surface area contributed by atoms with E-state index in [0.717, 1.165) is 17.1 Å². The van der Waals surface area contributed by atoms with Crippen LogP contribution in [0, 0.1) is 0 Å². The highest BCUT2D eigenvalue weighted by atomic mass is 15.1. The maximum absolute atomic E-state index is 2.40. The number of hydrogen-bond donors (Lipinski definition) is 0. The average Bonchev–Trinajstić information content (AvgIpc) is 3.63. The Morgan fingerprint density at radius 2 is 0.793 bits per heavy atom. The molecule has 0 unspecified atom stereocenters. The second kappa shape index (κ2) is 14.1. The van der Waals surface area contributed by atoms with Crippen LogP contribution < -0.4 is 4.90 Å².